The Hall–Kier alpha value is -1.51. The summed E-state index contributed by atoms with van der Waals surface area (Å²) in [4.78, 5) is 10.1. The summed E-state index contributed by atoms with van der Waals surface area (Å²) < 4.78 is 4.51. The molecule has 0 aromatic heterocycles. The van der Waals surface area contributed by atoms with Crippen molar-refractivity contribution in [1.29, 1.82) is 0 Å². The van der Waals surface area contributed by atoms with Gasteiger partial charge < -0.3 is 4.74 Å². The Morgan fingerprint density at radius 1 is 1.21 bits per heavy atom. The Kier molecular flexibility index (Phi) is 4.55. The number of aryl methyl sites for hydroxylation is 1. The van der Waals surface area contributed by atoms with Gasteiger partial charge in [-0.15, -0.1) is 0 Å². The normalized spacial score (nSPS) is 9.71. The summed E-state index contributed by atoms with van der Waals surface area (Å²) in [5.41, 5.74) is 7.81. The molecule has 0 saturated carbocycles. The van der Waals surface area contributed by atoms with Crippen molar-refractivity contribution in [2.45, 2.75) is 19.3 Å². The van der Waals surface area contributed by atoms with Crippen molar-refractivity contribution in [3.05, 3.63) is 35.9 Å². The summed E-state index contributed by atoms with van der Waals surface area (Å²) in [5, 5.41) is 0. The molecular weight excluding hydrogens is 178 g/mol. The minimum Gasteiger partial charge on any atom is -0.448 e. The molecule has 0 aliphatic heterocycles. The van der Waals surface area contributed by atoms with Crippen molar-refractivity contribution in [2.75, 3.05) is 6.61 Å². The molecule has 1 aromatic rings. The number of nitrogens with one attached hydrogen (secondary N) is 1. The van der Waals surface area contributed by atoms with Crippen LogP contribution >= 0.6 is 0 Å². The molecule has 1 aromatic carbocycles. The molecule has 1 rings (SSSR count). The molecule has 1 amide bonds. The summed E-state index contributed by atoms with van der Waals surface area (Å²) in [7, 11) is 0. The predicted octanol–water partition coefficient (Wildman–Crippen LogP) is 2.43. The summed E-state index contributed by atoms with van der Waals surface area (Å²) >= 11 is 0. The van der Waals surface area contributed by atoms with Gasteiger partial charge in [0.05, 0.1) is 6.61 Å². The standard InChI is InChI=1S/C11H14NO2/c12-11(13)14-9-5-4-8-10-6-2-1-3-7-10/h1-3,6-7,12H,4-5,8-9H2. The Bertz CT molecular complexity index is 272. The van der Waals surface area contributed by atoms with E-state index < -0.39 is 6.09 Å². The fourth-order valence-corrected chi connectivity index (χ4v) is 1.24. The smallest absolute Gasteiger partial charge is 0.426 e. The number of amides is 1. The average molecular weight is 192 g/mol. The van der Waals surface area contributed by atoms with E-state index in [0.717, 1.165) is 19.3 Å². The molecule has 0 heterocycles. The second-order valence-electron chi connectivity index (χ2n) is 3.08. The number of ether oxygens (including phenoxy) is 1. The Balaban J connectivity index is 2.08. The first-order chi connectivity index (χ1) is 6.79. The zero-order valence-electron chi connectivity index (χ0n) is 8.03. The molecule has 0 aliphatic rings. The first-order valence-corrected chi connectivity index (χ1v) is 4.71. The topological polar surface area (TPSA) is 50.1 Å². The zero-order valence-corrected chi connectivity index (χ0v) is 8.03. The Labute approximate surface area is 83.9 Å². The molecule has 0 spiro atoms. The molecule has 1 radical (unpaired) electrons. The van der Waals surface area contributed by atoms with E-state index in [9.17, 15) is 4.79 Å². The Morgan fingerprint density at radius 2 is 1.93 bits per heavy atom. The predicted molar refractivity (Wildman–Crippen MR) is 53.8 cm³/mol. The lowest BCUT2D eigenvalue weighted by molar-refractivity contribution is 0.153. The maximum absolute atomic E-state index is 10.1. The summed E-state index contributed by atoms with van der Waals surface area (Å²) in [6, 6.07) is 10.2. The van der Waals surface area contributed by atoms with Crippen LogP contribution in [0.15, 0.2) is 30.3 Å². The summed E-state index contributed by atoms with van der Waals surface area (Å²) in [5.74, 6) is 0. The van der Waals surface area contributed by atoms with E-state index >= 15 is 0 Å². The number of hydrogen-bond acceptors (Lipinski definition) is 2. The highest BCUT2D eigenvalue weighted by molar-refractivity contribution is 5.63. The van der Waals surface area contributed by atoms with Gasteiger partial charge in [0.2, 0.25) is 0 Å². The second kappa shape index (κ2) is 6.02. The van der Waals surface area contributed by atoms with Gasteiger partial charge in [0.15, 0.2) is 0 Å². The second-order valence-corrected chi connectivity index (χ2v) is 3.08. The van der Waals surface area contributed by atoms with Crippen molar-refractivity contribution in [1.82, 2.24) is 5.73 Å². The van der Waals surface area contributed by atoms with Crippen LogP contribution in [0, 0.1) is 0 Å². The van der Waals surface area contributed by atoms with Crippen molar-refractivity contribution < 1.29 is 9.53 Å². The van der Waals surface area contributed by atoms with Gasteiger partial charge in [-0.2, -0.15) is 0 Å². The van der Waals surface area contributed by atoms with Gasteiger partial charge in [-0.05, 0) is 24.8 Å². The fraction of sp³-hybridized carbons (Fsp3) is 0.364. The third kappa shape index (κ3) is 4.50. The first-order valence-electron chi connectivity index (χ1n) is 4.71. The molecule has 14 heavy (non-hydrogen) atoms. The van der Waals surface area contributed by atoms with E-state index in [4.69, 9.17) is 5.73 Å². The van der Waals surface area contributed by atoms with Crippen LogP contribution in [0.5, 0.6) is 0 Å². The van der Waals surface area contributed by atoms with Gasteiger partial charge >= 0.3 is 6.09 Å². The molecule has 0 bridgehead atoms. The SMILES string of the molecule is [NH]C(=O)OCCCCc1ccccc1. The van der Waals surface area contributed by atoms with E-state index in [-0.39, 0.29) is 0 Å². The summed E-state index contributed by atoms with van der Waals surface area (Å²) in [6.07, 6.45) is 1.86. The number of unbranched alkanes of at least 4 members (excludes halogenated alkanes) is 1. The van der Waals surface area contributed by atoms with Gasteiger partial charge in [0.25, 0.3) is 0 Å². The van der Waals surface area contributed by atoms with E-state index in [1.54, 1.807) is 0 Å². The van der Waals surface area contributed by atoms with Crippen LogP contribution in [0.2, 0.25) is 0 Å². The highest BCUT2D eigenvalue weighted by Crippen LogP contribution is 2.04. The van der Waals surface area contributed by atoms with E-state index in [1.165, 1.54) is 5.56 Å². The molecule has 0 unspecified atom stereocenters. The van der Waals surface area contributed by atoms with Crippen LogP contribution in [0.4, 0.5) is 4.79 Å². The van der Waals surface area contributed by atoms with E-state index in [1.807, 2.05) is 18.2 Å². The lowest BCUT2D eigenvalue weighted by Crippen LogP contribution is -2.03. The minimum atomic E-state index is -0.940. The third-order valence-electron chi connectivity index (χ3n) is 1.94. The maximum Gasteiger partial charge on any atom is 0.426 e. The van der Waals surface area contributed by atoms with E-state index in [0.29, 0.717) is 6.61 Å². The van der Waals surface area contributed by atoms with Gasteiger partial charge in [0, 0.05) is 0 Å². The highest BCUT2D eigenvalue weighted by atomic mass is 16.5. The van der Waals surface area contributed by atoms with Crippen molar-refractivity contribution >= 4 is 6.09 Å². The average Bonchev–Trinajstić information content (AvgIpc) is 2.18. The van der Waals surface area contributed by atoms with Crippen molar-refractivity contribution in [2.24, 2.45) is 0 Å². The molecule has 1 N–H and O–H groups in total. The lowest BCUT2D eigenvalue weighted by Gasteiger charge is -2.01. The van der Waals surface area contributed by atoms with Gasteiger partial charge in [-0.3, -0.25) is 0 Å². The van der Waals surface area contributed by atoms with Crippen LogP contribution in [0.1, 0.15) is 18.4 Å². The molecule has 0 aliphatic carbocycles. The van der Waals surface area contributed by atoms with Gasteiger partial charge in [-0.25, -0.2) is 10.5 Å². The fourth-order valence-electron chi connectivity index (χ4n) is 1.24. The molecule has 3 nitrogen and oxygen atoms in total. The number of carbonyl (C=O) groups is 1. The summed E-state index contributed by atoms with van der Waals surface area (Å²) in [6.45, 7) is 0.356. The van der Waals surface area contributed by atoms with Crippen molar-refractivity contribution in [3.63, 3.8) is 0 Å². The minimum absolute atomic E-state index is 0.356. The Morgan fingerprint density at radius 3 is 2.57 bits per heavy atom. The van der Waals surface area contributed by atoms with Crippen LogP contribution in [-0.4, -0.2) is 12.7 Å². The van der Waals surface area contributed by atoms with Crippen LogP contribution in [-0.2, 0) is 11.2 Å². The highest BCUT2D eigenvalue weighted by Gasteiger charge is 1.95. The monoisotopic (exact) mass is 192 g/mol. The van der Waals surface area contributed by atoms with Crippen LogP contribution in [0.25, 0.3) is 0 Å². The molecule has 0 atom stereocenters. The van der Waals surface area contributed by atoms with Gasteiger partial charge in [-0.1, -0.05) is 30.3 Å². The van der Waals surface area contributed by atoms with Crippen LogP contribution < -0.4 is 5.73 Å². The number of carbonyl (C=O) groups excluding carboxylic acids is 1. The molecule has 0 fully saturated rings. The first kappa shape index (κ1) is 10.6. The zero-order chi connectivity index (χ0) is 10.2. The van der Waals surface area contributed by atoms with Gasteiger partial charge in [0.1, 0.15) is 0 Å². The third-order valence-corrected chi connectivity index (χ3v) is 1.94. The molecule has 0 saturated heterocycles. The lowest BCUT2D eigenvalue weighted by atomic mass is 10.1. The molecule has 3 heteroatoms. The number of hydrogen-bond donors (Lipinski definition) is 0. The van der Waals surface area contributed by atoms with Crippen molar-refractivity contribution in [3.8, 4) is 0 Å². The largest absolute Gasteiger partial charge is 0.448 e. The number of benzene rings is 1. The quantitative estimate of drug-likeness (QED) is 0.673. The van der Waals surface area contributed by atoms with E-state index in [2.05, 4.69) is 16.9 Å². The van der Waals surface area contributed by atoms with Crippen LogP contribution in [0.3, 0.4) is 0 Å². The molecular formula is C11H14NO2. The molecule has 75 valence electrons. The maximum atomic E-state index is 10.1. The number of rotatable bonds is 5.